The van der Waals surface area contributed by atoms with E-state index in [1.165, 1.54) is 23.1 Å². The zero-order valence-electron chi connectivity index (χ0n) is 16.2. The fraction of sp³-hybridized carbons (Fsp3) is 0.182. The highest BCUT2D eigenvalue weighted by Gasteiger charge is 2.14. The molecule has 0 fully saturated rings. The third-order valence-corrected chi connectivity index (χ3v) is 6.80. The van der Waals surface area contributed by atoms with Crippen molar-refractivity contribution in [2.24, 2.45) is 5.14 Å². The molecule has 3 aromatic carbocycles. The number of benzene rings is 3. The van der Waals surface area contributed by atoms with Crippen LogP contribution in [0.5, 0.6) is 0 Å². The first-order valence-electron chi connectivity index (χ1n) is 9.28. The average molecular weight is 465 g/mol. The molecule has 0 amide bonds. The zero-order chi connectivity index (χ0) is 21.6. The molecule has 0 aromatic heterocycles. The van der Waals surface area contributed by atoms with Gasteiger partial charge >= 0.3 is 0 Å². The molecule has 0 aliphatic heterocycles. The SMILES string of the molecule is NS(=O)(=O)c1ccc(CN(CCSc2ccccc2)Cc2c(F)cccc2Cl)cc1. The van der Waals surface area contributed by atoms with Gasteiger partial charge in [0.05, 0.1) is 4.90 Å². The van der Waals surface area contributed by atoms with E-state index in [2.05, 4.69) is 17.0 Å². The number of nitrogens with zero attached hydrogens (tertiary/aromatic N) is 1. The lowest BCUT2D eigenvalue weighted by molar-refractivity contribution is 0.270. The third kappa shape index (κ3) is 6.55. The Labute approximate surface area is 185 Å². The topological polar surface area (TPSA) is 63.4 Å². The molecule has 0 radical (unpaired) electrons. The molecule has 0 heterocycles. The summed E-state index contributed by atoms with van der Waals surface area (Å²) >= 11 is 7.94. The van der Waals surface area contributed by atoms with Crippen molar-refractivity contribution in [2.75, 3.05) is 12.3 Å². The zero-order valence-corrected chi connectivity index (χ0v) is 18.6. The highest BCUT2D eigenvalue weighted by atomic mass is 35.5. The van der Waals surface area contributed by atoms with Crippen LogP contribution in [0.1, 0.15) is 11.1 Å². The third-order valence-electron chi connectivity index (χ3n) is 4.52. The summed E-state index contributed by atoms with van der Waals surface area (Å²) in [7, 11) is -3.74. The number of hydrogen-bond donors (Lipinski definition) is 1. The molecular formula is C22H22ClFN2O2S2. The lowest BCUT2D eigenvalue weighted by Gasteiger charge is -2.23. The van der Waals surface area contributed by atoms with Crippen LogP contribution in [0.2, 0.25) is 5.02 Å². The van der Waals surface area contributed by atoms with Crippen LogP contribution in [0.4, 0.5) is 4.39 Å². The first-order valence-corrected chi connectivity index (χ1v) is 12.2. The smallest absolute Gasteiger partial charge is 0.238 e. The number of rotatable bonds is 9. The van der Waals surface area contributed by atoms with Crippen molar-refractivity contribution in [3.05, 3.63) is 94.8 Å². The summed E-state index contributed by atoms with van der Waals surface area (Å²) in [6, 6.07) is 21.1. The summed E-state index contributed by atoms with van der Waals surface area (Å²) in [6.45, 7) is 1.56. The van der Waals surface area contributed by atoms with E-state index in [1.807, 2.05) is 18.2 Å². The van der Waals surface area contributed by atoms with Crippen LogP contribution in [-0.4, -0.2) is 25.6 Å². The van der Waals surface area contributed by atoms with Crippen LogP contribution in [-0.2, 0) is 23.1 Å². The maximum Gasteiger partial charge on any atom is 0.238 e. The number of sulfonamides is 1. The van der Waals surface area contributed by atoms with Crippen molar-refractivity contribution in [3.8, 4) is 0 Å². The summed E-state index contributed by atoms with van der Waals surface area (Å²) in [5.41, 5.74) is 1.35. The number of hydrogen-bond acceptors (Lipinski definition) is 4. The minimum Gasteiger partial charge on any atom is -0.294 e. The monoisotopic (exact) mass is 464 g/mol. The van der Waals surface area contributed by atoms with Crippen molar-refractivity contribution in [3.63, 3.8) is 0 Å². The van der Waals surface area contributed by atoms with E-state index in [9.17, 15) is 12.8 Å². The Morgan fingerprint density at radius 3 is 2.27 bits per heavy atom. The van der Waals surface area contributed by atoms with E-state index in [-0.39, 0.29) is 10.7 Å². The maximum absolute atomic E-state index is 14.3. The highest BCUT2D eigenvalue weighted by Crippen LogP contribution is 2.23. The molecule has 0 aliphatic rings. The molecule has 30 heavy (non-hydrogen) atoms. The van der Waals surface area contributed by atoms with Gasteiger partial charge in [-0.2, -0.15) is 0 Å². The van der Waals surface area contributed by atoms with Crippen molar-refractivity contribution in [2.45, 2.75) is 22.9 Å². The van der Waals surface area contributed by atoms with E-state index < -0.39 is 10.0 Å². The van der Waals surface area contributed by atoms with Crippen LogP contribution in [0, 0.1) is 5.82 Å². The second-order valence-electron chi connectivity index (χ2n) is 6.76. The van der Waals surface area contributed by atoms with Gasteiger partial charge in [0.15, 0.2) is 0 Å². The Bertz CT molecular complexity index is 1060. The van der Waals surface area contributed by atoms with Gasteiger partial charge in [-0.05, 0) is 42.0 Å². The fourth-order valence-corrected chi connectivity index (χ4v) is 4.65. The van der Waals surface area contributed by atoms with Crippen molar-refractivity contribution in [1.82, 2.24) is 4.90 Å². The van der Waals surface area contributed by atoms with Gasteiger partial charge in [-0.1, -0.05) is 48.0 Å². The van der Waals surface area contributed by atoms with Gasteiger partial charge < -0.3 is 0 Å². The first kappa shape index (κ1) is 22.8. The van der Waals surface area contributed by atoms with E-state index >= 15 is 0 Å². The van der Waals surface area contributed by atoms with E-state index in [0.29, 0.717) is 30.2 Å². The van der Waals surface area contributed by atoms with Crippen LogP contribution in [0.15, 0.2) is 82.6 Å². The molecule has 0 saturated carbocycles. The lowest BCUT2D eigenvalue weighted by Crippen LogP contribution is -2.26. The first-order chi connectivity index (χ1) is 14.3. The van der Waals surface area contributed by atoms with Gasteiger partial charge in [-0.3, -0.25) is 4.90 Å². The molecule has 0 saturated heterocycles. The van der Waals surface area contributed by atoms with Crippen LogP contribution >= 0.6 is 23.4 Å². The molecule has 0 bridgehead atoms. The Hall–Kier alpha value is -1.90. The molecule has 3 rings (SSSR count). The standard InChI is InChI=1S/C22H22ClFN2O2S2/c23-21-7-4-8-22(24)20(21)16-26(13-14-29-18-5-2-1-3-6-18)15-17-9-11-19(12-10-17)30(25,27)28/h1-12H,13-16H2,(H2,25,27,28). The molecule has 0 unspecified atom stereocenters. The van der Waals surface area contributed by atoms with E-state index in [0.717, 1.165) is 11.3 Å². The highest BCUT2D eigenvalue weighted by molar-refractivity contribution is 7.99. The summed E-state index contributed by atoms with van der Waals surface area (Å²) in [5.74, 6) is 0.471. The van der Waals surface area contributed by atoms with Crippen LogP contribution < -0.4 is 5.14 Å². The van der Waals surface area contributed by atoms with Gasteiger partial charge in [0, 0.05) is 40.9 Å². The molecule has 0 spiro atoms. The van der Waals surface area contributed by atoms with E-state index in [1.54, 1.807) is 36.0 Å². The normalized spacial score (nSPS) is 11.7. The minimum absolute atomic E-state index is 0.0644. The van der Waals surface area contributed by atoms with Crippen molar-refractivity contribution >= 4 is 33.4 Å². The second kappa shape index (κ2) is 10.4. The van der Waals surface area contributed by atoms with Crippen LogP contribution in [0.3, 0.4) is 0 Å². The summed E-state index contributed by atoms with van der Waals surface area (Å²) < 4.78 is 37.3. The molecule has 0 aliphatic carbocycles. The summed E-state index contributed by atoms with van der Waals surface area (Å²) in [5, 5.41) is 5.56. The maximum atomic E-state index is 14.3. The van der Waals surface area contributed by atoms with Crippen molar-refractivity contribution in [1.29, 1.82) is 0 Å². The van der Waals surface area contributed by atoms with Gasteiger partial charge in [-0.15, -0.1) is 11.8 Å². The van der Waals surface area contributed by atoms with Gasteiger partial charge in [0.1, 0.15) is 5.82 Å². The van der Waals surface area contributed by atoms with Crippen molar-refractivity contribution < 1.29 is 12.8 Å². The van der Waals surface area contributed by atoms with Gasteiger partial charge in [0.25, 0.3) is 0 Å². The molecule has 3 aromatic rings. The Balaban J connectivity index is 1.74. The number of primary sulfonamides is 1. The quantitative estimate of drug-likeness (QED) is 0.456. The molecule has 4 nitrogen and oxygen atoms in total. The minimum atomic E-state index is -3.74. The summed E-state index contributed by atoms with van der Waals surface area (Å²) in [4.78, 5) is 3.32. The predicted octanol–water partition coefficient (Wildman–Crippen LogP) is 4.92. The molecule has 158 valence electrons. The Kier molecular flexibility index (Phi) is 7.91. The van der Waals surface area contributed by atoms with Crippen LogP contribution in [0.25, 0.3) is 0 Å². The molecule has 0 atom stereocenters. The number of thioether (sulfide) groups is 1. The van der Waals surface area contributed by atoms with Gasteiger partial charge in [-0.25, -0.2) is 17.9 Å². The Morgan fingerprint density at radius 1 is 0.933 bits per heavy atom. The molecular weight excluding hydrogens is 443 g/mol. The summed E-state index contributed by atoms with van der Waals surface area (Å²) in [6.07, 6.45) is 0. The Morgan fingerprint density at radius 2 is 1.63 bits per heavy atom. The van der Waals surface area contributed by atoms with Gasteiger partial charge in [0.2, 0.25) is 10.0 Å². The lowest BCUT2D eigenvalue weighted by atomic mass is 10.1. The second-order valence-corrected chi connectivity index (χ2v) is 9.90. The number of nitrogens with two attached hydrogens (primary N) is 1. The van der Waals surface area contributed by atoms with E-state index in [4.69, 9.17) is 16.7 Å². The number of halogens is 2. The average Bonchev–Trinajstić information content (AvgIpc) is 2.71. The fourth-order valence-electron chi connectivity index (χ4n) is 2.97. The molecule has 8 heteroatoms. The predicted molar refractivity (Wildman–Crippen MR) is 121 cm³/mol. The molecule has 2 N–H and O–H groups in total. The largest absolute Gasteiger partial charge is 0.294 e.